The molecule has 0 saturated carbocycles. The highest BCUT2D eigenvalue weighted by atomic mass is 16.4. The Morgan fingerprint density at radius 1 is 1.33 bits per heavy atom. The average molecular weight is 370 g/mol. The Morgan fingerprint density at radius 2 is 2.19 bits per heavy atom. The van der Waals surface area contributed by atoms with Crippen LogP contribution in [-0.4, -0.2) is 61.2 Å². The van der Waals surface area contributed by atoms with Gasteiger partial charge in [-0.05, 0) is 6.07 Å². The van der Waals surface area contributed by atoms with E-state index in [-0.39, 0.29) is 6.03 Å². The van der Waals surface area contributed by atoms with Gasteiger partial charge in [-0.2, -0.15) is 10.1 Å². The molecule has 0 saturated heterocycles. The standard InChI is InChI=1S/C17H22N8O2/c1-4-13-21-14-15(19-10-20-16(14)27-13)18-8-11-7-12-9-24(17(26)23(2)3)5-6-25(12)22-11/h7,10H,4-6,8-9H2,1-3H3,(H,18,19,20). The van der Waals surface area contributed by atoms with Crippen molar-refractivity contribution in [3.05, 3.63) is 29.7 Å². The second-order valence-corrected chi connectivity index (χ2v) is 6.64. The number of fused-ring (bicyclic) bond motifs is 2. The first-order valence-corrected chi connectivity index (χ1v) is 8.91. The number of carbonyl (C=O) groups is 1. The van der Waals surface area contributed by atoms with Gasteiger partial charge in [-0.25, -0.2) is 14.8 Å². The van der Waals surface area contributed by atoms with Gasteiger partial charge in [0, 0.05) is 27.1 Å². The Morgan fingerprint density at radius 3 is 2.96 bits per heavy atom. The van der Waals surface area contributed by atoms with Crippen molar-refractivity contribution in [3.63, 3.8) is 0 Å². The fourth-order valence-electron chi connectivity index (χ4n) is 3.11. The molecule has 0 radical (unpaired) electrons. The first-order valence-electron chi connectivity index (χ1n) is 8.91. The summed E-state index contributed by atoms with van der Waals surface area (Å²) < 4.78 is 7.52. The molecule has 1 N–H and O–H groups in total. The Balaban J connectivity index is 1.48. The Kier molecular flexibility index (Phi) is 4.38. The van der Waals surface area contributed by atoms with Crippen LogP contribution in [0.3, 0.4) is 0 Å². The van der Waals surface area contributed by atoms with Gasteiger partial charge in [0.1, 0.15) is 6.33 Å². The van der Waals surface area contributed by atoms with Crippen molar-refractivity contribution < 1.29 is 9.21 Å². The lowest BCUT2D eigenvalue weighted by Gasteiger charge is -2.29. The highest BCUT2D eigenvalue weighted by molar-refractivity contribution is 5.80. The highest BCUT2D eigenvalue weighted by Crippen LogP contribution is 2.21. The van der Waals surface area contributed by atoms with Crippen molar-refractivity contribution in [2.24, 2.45) is 0 Å². The first kappa shape index (κ1) is 17.3. The fourth-order valence-corrected chi connectivity index (χ4v) is 3.11. The van der Waals surface area contributed by atoms with Crippen LogP contribution in [0.2, 0.25) is 0 Å². The number of carbonyl (C=O) groups excluding carboxylic acids is 1. The van der Waals surface area contributed by atoms with Gasteiger partial charge in [0.25, 0.3) is 5.71 Å². The molecule has 4 rings (SSSR count). The Labute approximate surface area is 156 Å². The van der Waals surface area contributed by atoms with Gasteiger partial charge in [-0.1, -0.05) is 6.92 Å². The first-order chi connectivity index (χ1) is 13.0. The molecule has 10 heteroatoms. The summed E-state index contributed by atoms with van der Waals surface area (Å²) in [7, 11) is 3.53. The number of aromatic nitrogens is 5. The van der Waals surface area contributed by atoms with Gasteiger partial charge in [0.2, 0.25) is 0 Å². The predicted octanol–water partition coefficient (Wildman–Crippen LogP) is 1.49. The lowest BCUT2D eigenvalue weighted by molar-refractivity contribution is 0.155. The summed E-state index contributed by atoms with van der Waals surface area (Å²) in [5.41, 5.74) is 3.01. The van der Waals surface area contributed by atoms with Gasteiger partial charge < -0.3 is 19.5 Å². The van der Waals surface area contributed by atoms with Gasteiger partial charge in [0.05, 0.1) is 31.0 Å². The molecule has 0 atom stereocenters. The quantitative estimate of drug-likeness (QED) is 0.741. The molecule has 3 aromatic heterocycles. The van der Waals surface area contributed by atoms with Crippen LogP contribution in [0.15, 0.2) is 16.8 Å². The number of aryl methyl sites for hydroxylation is 1. The summed E-state index contributed by atoms with van der Waals surface area (Å²) in [6.45, 7) is 4.39. The van der Waals surface area contributed by atoms with Crippen molar-refractivity contribution in [1.29, 1.82) is 0 Å². The molecule has 1 aliphatic heterocycles. The van der Waals surface area contributed by atoms with Crippen molar-refractivity contribution in [1.82, 2.24) is 34.5 Å². The number of oxazole rings is 1. The van der Waals surface area contributed by atoms with E-state index in [1.165, 1.54) is 6.33 Å². The van der Waals surface area contributed by atoms with Crippen molar-refractivity contribution in [2.45, 2.75) is 33.0 Å². The topological polar surface area (TPSA) is 105 Å². The minimum atomic E-state index is 0.0169. The fraction of sp³-hybridized carbons (Fsp3) is 0.471. The molecule has 10 nitrogen and oxygen atoms in total. The number of amides is 2. The molecule has 1 aliphatic rings. The maximum atomic E-state index is 12.2. The van der Waals surface area contributed by atoms with Gasteiger partial charge in [-0.3, -0.25) is 4.68 Å². The largest absolute Gasteiger partial charge is 0.422 e. The summed E-state index contributed by atoms with van der Waals surface area (Å²) in [6.07, 6.45) is 2.16. The summed E-state index contributed by atoms with van der Waals surface area (Å²) in [5, 5.41) is 7.89. The molecule has 27 heavy (non-hydrogen) atoms. The van der Waals surface area contributed by atoms with E-state index in [1.807, 2.05) is 22.6 Å². The van der Waals surface area contributed by atoms with E-state index >= 15 is 0 Å². The number of anilines is 1. The molecule has 0 aliphatic carbocycles. The Hall–Kier alpha value is -3.17. The summed E-state index contributed by atoms with van der Waals surface area (Å²) >= 11 is 0. The summed E-state index contributed by atoms with van der Waals surface area (Å²) in [4.78, 5) is 28.4. The van der Waals surface area contributed by atoms with Crippen LogP contribution in [0.5, 0.6) is 0 Å². The molecule has 0 unspecified atom stereocenters. The number of rotatable bonds is 4. The molecule has 2 amide bonds. The van der Waals surface area contributed by atoms with Crippen LogP contribution in [0.4, 0.5) is 10.6 Å². The third-order valence-electron chi connectivity index (χ3n) is 4.48. The van der Waals surface area contributed by atoms with Crippen LogP contribution < -0.4 is 5.32 Å². The monoisotopic (exact) mass is 370 g/mol. The third kappa shape index (κ3) is 3.29. The molecule has 0 spiro atoms. The number of nitrogens with zero attached hydrogens (tertiary/aromatic N) is 7. The van der Waals surface area contributed by atoms with E-state index in [4.69, 9.17) is 4.42 Å². The Bertz CT molecular complexity index is 977. The molecule has 0 aromatic carbocycles. The number of nitrogens with one attached hydrogen (secondary N) is 1. The lowest BCUT2D eigenvalue weighted by Crippen LogP contribution is -2.43. The van der Waals surface area contributed by atoms with Crippen LogP contribution in [0.25, 0.3) is 11.2 Å². The summed E-state index contributed by atoms with van der Waals surface area (Å²) in [6, 6.07) is 2.03. The average Bonchev–Trinajstić information content (AvgIpc) is 3.28. The van der Waals surface area contributed by atoms with E-state index in [2.05, 4.69) is 25.4 Å². The predicted molar refractivity (Wildman–Crippen MR) is 98.0 cm³/mol. The SMILES string of the molecule is CCc1nc2c(NCc3cc4n(n3)CCN(C(=O)N(C)C)C4)ncnc2o1. The van der Waals surface area contributed by atoms with Gasteiger partial charge in [-0.15, -0.1) is 0 Å². The normalized spacial score (nSPS) is 13.7. The summed E-state index contributed by atoms with van der Waals surface area (Å²) in [5.74, 6) is 1.26. The van der Waals surface area contributed by atoms with E-state index < -0.39 is 0 Å². The molecule has 3 aromatic rings. The van der Waals surface area contributed by atoms with Crippen molar-refractivity contribution in [3.8, 4) is 0 Å². The molecular formula is C17H22N8O2. The van der Waals surface area contributed by atoms with E-state index in [9.17, 15) is 4.79 Å². The molecule has 0 fully saturated rings. The van der Waals surface area contributed by atoms with E-state index in [0.717, 1.165) is 11.4 Å². The third-order valence-corrected chi connectivity index (χ3v) is 4.48. The number of hydrogen-bond donors (Lipinski definition) is 1. The zero-order valence-corrected chi connectivity index (χ0v) is 15.6. The molecule has 142 valence electrons. The van der Waals surface area contributed by atoms with E-state index in [0.29, 0.717) is 55.5 Å². The minimum Gasteiger partial charge on any atom is -0.422 e. The van der Waals surface area contributed by atoms with Crippen LogP contribution in [0, 0.1) is 0 Å². The van der Waals surface area contributed by atoms with Crippen LogP contribution in [-0.2, 0) is 26.1 Å². The molecular weight excluding hydrogens is 348 g/mol. The van der Waals surface area contributed by atoms with Gasteiger partial charge in [0.15, 0.2) is 17.2 Å². The minimum absolute atomic E-state index is 0.0169. The van der Waals surface area contributed by atoms with Gasteiger partial charge >= 0.3 is 6.03 Å². The maximum Gasteiger partial charge on any atom is 0.319 e. The zero-order chi connectivity index (χ0) is 19.0. The smallest absolute Gasteiger partial charge is 0.319 e. The second-order valence-electron chi connectivity index (χ2n) is 6.64. The number of urea groups is 1. The lowest BCUT2D eigenvalue weighted by atomic mass is 10.3. The van der Waals surface area contributed by atoms with Crippen LogP contribution in [0.1, 0.15) is 24.2 Å². The molecule has 0 bridgehead atoms. The van der Waals surface area contributed by atoms with Crippen LogP contribution >= 0.6 is 0 Å². The second kappa shape index (κ2) is 6.86. The van der Waals surface area contributed by atoms with Crippen molar-refractivity contribution >= 4 is 23.1 Å². The molecule has 4 heterocycles. The number of hydrogen-bond acceptors (Lipinski definition) is 7. The highest BCUT2D eigenvalue weighted by Gasteiger charge is 2.23. The van der Waals surface area contributed by atoms with E-state index in [1.54, 1.807) is 19.0 Å². The van der Waals surface area contributed by atoms with Crippen molar-refractivity contribution in [2.75, 3.05) is 26.0 Å². The maximum absolute atomic E-state index is 12.2. The zero-order valence-electron chi connectivity index (χ0n) is 15.6.